The van der Waals surface area contributed by atoms with E-state index in [0.29, 0.717) is 18.8 Å². The smallest absolute Gasteiger partial charge is 0.216 e. The first-order valence-corrected chi connectivity index (χ1v) is 4.95. The van der Waals surface area contributed by atoms with Crippen LogP contribution in [0, 0.1) is 5.82 Å². The fourth-order valence-electron chi connectivity index (χ4n) is 1.22. The molecule has 1 aromatic rings. The predicted molar refractivity (Wildman–Crippen MR) is 60.1 cm³/mol. The summed E-state index contributed by atoms with van der Waals surface area (Å²) in [5.74, 6) is -0.276. The number of hydrogen-bond acceptors (Lipinski definition) is 3. The lowest BCUT2D eigenvalue weighted by Gasteiger charge is -2.08. The lowest BCUT2D eigenvalue weighted by atomic mass is 10.3. The number of anilines is 1. The van der Waals surface area contributed by atoms with E-state index in [1.165, 1.54) is 20.1 Å². The quantitative estimate of drug-likeness (QED) is 0.746. The molecule has 0 heterocycles. The number of methoxy groups -OCH3 is 1. The van der Waals surface area contributed by atoms with E-state index in [1.54, 1.807) is 12.1 Å². The maximum Gasteiger partial charge on any atom is 0.216 e. The molecule has 0 bridgehead atoms. The molecular formula is C11H15FN2O2. The van der Waals surface area contributed by atoms with Crippen molar-refractivity contribution >= 4 is 11.6 Å². The van der Waals surface area contributed by atoms with Crippen LogP contribution < -0.4 is 15.4 Å². The van der Waals surface area contributed by atoms with Crippen LogP contribution in [0.2, 0.25) is 0 Å². The monoisotopic (exact) mass is 226 g/mol. The summed E-state index contributed by atoms with van der Waals surface area (Å²) in [5.41, 5.74) is 0.656. The maximum absolute atomic E-state index is 13.3. The van der Waals surface area contributed by atoms with Gasteiger partial charge in [-0.15, -0.1) is 0 Å². The Hall–Kier alpha value is -1.78. The van der Waals surface area contributed by atoms with E-state index >= 15 is 0 Å². The van der Waals surface area contributed by atoms with Crippen molar-refractivity contribution in [3.05, 3.63) is 24.0 Å². The van der Waals surface area contributed by atoms with Gasteiger partial charge in [0.05, 0.1) is 7.11 Å². The number of rotatable bonds is 5. The van der Waals surface area contributed by atoms with Gasteiger partial charge in [0, 0.05) is 31.8 Å². The summed E-state index contributed by atoms with van der Waals surface area (Å²) in [6, 6.07) is 4.62. The van der Waals surface area contributed by atoms with Crippen molar-refractivity contribution in [2.24, 2.45) is 0 Å². The summed E-state index contributed by atoms with van der Waals surface area (Å²) in [6.45, 7) is 2.50. The number of nitrogens with one attached hydrogen (secondary N) is 2. The molecule has 0 unspecified atom stereocenters. The van der Waals surface area contributed by atoms with Crippen molar-refractivity contribution in [3.8, 4) is 5.75 Å². The molecule has 0 aliphatic heterocycles. The molecule has 0 radical (unpaired) electrons. The Morgan fingerprint density at radius 3 is 2.75 bits per heavy atom. The number of halogens is 1. The molecule has 1 rings (SSSR count). The second kappa shape index (κ2) is 5.95. The van der Waals surface area contributed by atoms with Crippen LogP contribution in [-0.4, -0.2) is 26.1 Å². The third-order valence-corrected chi connectivity index (χ3v) is 1.98. The molecule has 88 valence electrons. The van der Waals surface area contributed by atoms with Crippen LogP contribution in [0.5, 0.6) is 5.75 Å². The second-order valence-electron chi connectivity index (χ2n) is 3.26. The average molecular weight is 226 g/mol. The lowest BCUT2D eigenvalue weighted by molar-refractivity contribution is -0.118. The maximum atomic E-state index is 13.3. The first-order valence-electron chi connectivity index (χ1n) is 4.95. The summed E-state index contributed by atoms with van der Waals surface area (Å²) < 4.78 is 18.1. The molecule has 0 spiro atoms. The van der Waals surface area contributed by atoms with E-state index in [1.807, 2.05) is 0 Å². The zero-order chi connectivity index (χ0) is 12.0. The van der Waals surface area contributed by atoms with E-state index < -0.39 is 5.82 Å². The molecule has 5 heteroatoms. The first-order chi connectivity index (χ1) is 7.63. The third-order valence-electron chi connectivity index (χ3n) is 1.98. The van der Waals surface area contributed by atoms with Gasteiger partial charge in [0.15, 0.2) is 11.6 Å². The van der Waals surface area contributed by atoms with Crippen LogP contribution in [0.25, 0.3) is 0 Å². The molecular weight excluding hydrogens is 211 g/mol. The van der Waals surface area contributed by atoms with Gasteiger partial charge in [-0.05, 0) is 12.1 Å². The molecule has 0 aliphatic carbocycles. The van der Waals surface area contributed by atoms with Crippen LogP contribution in [0.15, 0.2) is 18.2 Å². The molecule has 0 aliphatic rings. The zero-order valence-corrected chi connectivity index (χ0v) is 9.34. The van der Waals surface area contributed by atoms with E-state index in [0.717, 1.165) is 0 Å². The van der Waals surface area contributed by atoms with Crippen LogP contribution in [0.3, 0.4) is 0 Å². The van der Waals surface area contributed by atoms with E-state index in [4.69, 9.17) is 4.74 Å². The van der Waals surface area contributed by atoms with Crippen LogP contribution in [0.1, 0.15) is 6.92 Å². The normalized spacial score (nSPS) is 9.69. The minimum absolute atomic E-state index is 0.0808. The number of ether oxygens (including phenoxy) is 1. The Kier molecular flexibility index (Phi) is 4.57. The van der Waals surface area contributed by atoms with E-state index in [2.05, 4.69) is 10.6 Å². The Labute approximate surface area is 93.8 Å². The van der Waals surface area contributed by atoms with E-state index in [-0.39, 0.29) is 11.7 Å². The number of amides is 1. The van der Waals surface area contributed by atoms with Gasteiger partial charge in [-0.25, -0.2) is 4.39 Å². The fraction of sp³-hybridized carbons (Fsp3) is 0.364. The van der Waals surface area contributed by atoms with Gasteiger partial charge in [-0.2, -0.15) is 0 Å². The van der Waals surface area contributed by atoms with Crippen molar-refractivity contribution in [2.75, 3.05) is 25.5 Å². The molecule has 4 nitrogen and oxygen atoms in total. The highest BCUT2D eigenvalue weighted by Crippen LogP contribution is 2.20. The molecule has 0 saturated heterocycles. The number of carbonyl (C=O) groups excluding carboxylic acids is 1. The zero-order valence-electron chi connectivity index (χ0n) is 9.34. The lowest BCUT2D eigenvalue weighted by Crippen LogP contribution is -2.26. The minimum atomic E-state index is -0.410. The predicted octanol–water partition coefficient (Wildman–Crippen LogP) is 1.38. The van der Waals surface area contributed by atoms with Crippen molar-refractivity contribution in [2.45, 2.75) is 6.92 Å². The van der Waals surface area contributed by atoms with Gasteiger partial charge in [-0.1, -0.05) is 0 Å². The Balaban J connectivity index is 2.43. The molecule has 0 fully saturated rings. The minimum Gasteiger partial charge on any atom is -0.494 e. The highest BCUT2D eigenvalue weighted by Gasteiger charge is 2.02. The Morgan fingerprint density at radius 2 is 2.19 bits per heavy atom. The van der Waals surface area contributed by atoms with Gasteiger partial charge in [0.2, 0.25) is 5.91 Å². The molecule has 0 aromatic heterocycles. The molecule has 16 heavy (non-hydrogen) atoms. The third kappa shape index (κ3) is 3.76. The molecule has 0 saturated carbocycles. The van der Waals surface area contributed by atoms with Gasteiger partial charge in [-0.3, -0.25) is 4.79 Å². The Morgan fingerprint density at radius 1 is 1.44 bits per heavy atom. The van der Waals surface area contributed by atoms with Crippen molar-refractivity contribution in [1.29, 1.82) is 0 Å². The summed E-state index contributed by atoms with van der Waals surface area (Å²) >= 11 is 0. The number of hydrogen-bond donors (Lipinski definition) is 2. The summed E-state index contributed by atoms with van der Waals surface area (Å²) in [4.78, 5) is 10.6. The Bertz CT molecular complexity index is 369. The van der Waals surface area contributed by atoms with E-state index in [9.17, 15) is 9.18 Å². The molecule has 1 amide bonds. The number of benzene rings is 1. The summed E-state index contributed by atoms with van der Waals surface area (Å²) in [5, 5.41) is 5.61. The standard InChI is InChI=1S/C11H15FN2O2/c1-8(15)13-5-6-14-9-3-4-11(16-2)10(12)7-9/h3-4,7,14H,5-6H2,1-2H3,(H,13,15). The molecule has 2 N–H and O–H groups in total. The van der Waals surface area contributed by atoms with Crippen molar-refractivity contribution in [3.63, 3.8) is 0 Å². The van der Waals surface area contributed by atoms with Crippen LogP contribution >= 0.6 is 0 Å². The summed E-state index contributed by atoms with van der Waals surface area (Å²) in [6.07, 6.45) is 0. The average Bonchev–Trinajstić information content (AvgIpc) is 2.24. The SMILES string of the molecule is COc1ccc(NCCNC(C)=O)cc1F. The molecule has 1 aromatic carbocycles. The topological polar surface area (TPSA) is 50.4 Å². The molecule has 0 atom stereocenters. The second-order valence-corrected chi connectivity index (χ2v) is 3.26. The number of carbonyl (C=O) groups is 1. The fourth-order valence-corrected chi connectivity index (χ4v) is 1.22. The van der Waals surface area contributed by atoms with Gasteiger partial charge >= 0.3 is 0 Å². The highest BCUT2D eigenvalue weighted by atomic mass is 19.1. The summed E-state index contributed by atoms with van der Waals surface area (Å²) in [7, 11) is 1.42. The van der Waals surface area contributed by atoms with Gasteiger partial charge < -0.3 is 15.4 Å². The van der Waals surface area contributed by atoms with Gasteiger partial charge in [0.1, 0.15) is 0 Å². The van der Waals surface area contributed by atoms with Gasteiger partial charge in [0.25, 0.3) is 0 Å². The van der Waals surface area contributed by atoms with Crippen molar-refractivity contribution < 1.29 is 13.9 Å². The van der Waals surface area contributed by atoms with Crippen molar-refractivity contribution in [1.82, 2.24) is 5.32 Å². The van der Waals surface area contributed by atoms with Crippen LogP contribution in [-0.2, 0) is 4.79 Å². The first kappa shape index (κ1) is 12.3. The van der Waals surface area contributed by atoms with Crippen LogP contribution in [0.4, 0.5) is 10.1 Å². The largest absolute Gasteiger partial charge is 0.494 e. The highest BCUT2D eigenvalue weighted by molar-refractivity contribution is 5.72.